The topological polar surface area (TPSA) is 45.5 Å². The van der Waals surface area contributed by atoms with Gasteiger partial charge in [-0.25, -0.2) is 0 Å². The van der Waals surface area contributed by atoms with Crippen LogP contribution < -0.4 is 19.7 Å². The molecule has 2 aliphatic rings. The lowest BCUT2D eigenvalue weighted by Crippen LogP contribution is -2.30. The van der Waals surface area contributed by atoms with E-state index >= 15 is 0 Å². The molecule has 0 saturated carbocycles. The molecule has 1 amide bonds. The zero-order valence-corrected chi connectivity index (χ0v) is 18.7. The first-order valence-electron chi connectivity index (χ1n) is 8.58. The number of thiocarbonyl (C=S) groups is 1. The van der Waals surface area contributed by atoms with Gasteiger partial charge in [0.15, 0.2) is 0 Å². The van der Waals surface area contributed by atoms with Crippen LogP contribution in [0.5, 0.6) is 0 Å². The largest absolute Gasteiger partial charge is 0.335 e. The number of hydrogen-bond donors (Lipinski definition) is 0. The monoisotopic (exact) mass is 447 g/mol. The Morgan fingerprint density at radius 1 is 1.11 bits per heavy atom. The number of amides is 1. The molecule has 0 aliphatic carbocycles. The van der Waals surface area contributed by atoms with Gasteiger partial charge >= 0.3 is 0 Å². The van der Waals surface area contributed by atoms with Gasteiger partial charge in [-0.1, -0.05) is 47.9 Å². The summed E-state index contributed by atoms with van der Waals surface area (Å²) < 4.78 is 3.28. The molecule has 2 aromatic rings. The number of thiazole rings is 1. The summed E-state index contributed by atoms with van der Waals surface area (Å²) in [6.07, 6.45) is 3.83. The molecule has 1 aromatic heterocycles. The van der Waals surface area contributed by atoms with Crippen LogP contribution in [-0.2, 0) is 11.8 Å². The Morgan fingerprint density at radius 3 is 2.54 bits per heavy atom. The van der Waals surface area contributed by atoms with E-state index in [1.54, 1.807) is 25.9 Å². The standard InChI is InChI=1S/C19H17N3O2S4/c1-4-22-11-7-5-6-8-12(11)26-14(22)10-9-13-16(23)20(2)18(27-13)15-17(24)21(3)19(25)28-15/h5-10H,4H2,1-3H3/b13-9-,14-10+,18-15-. The quantitative estimate of drug-likeness (QED) is 0.659. The molecule has 0 unspecified atom stereocenters. The number of aromatic nitrogens is 1. The summed E-state index contributed by atoms with van der Waals surface area (Å²) in [7, 11) is 3.35. The molecule has 0 atom stereocenters. The molecular weight excluding hydrogens is 430 g/mol. The predicted octanol–water partition coefficient (Wildman–Crippen LogP) is 2.30. The Labute approximate surface area is 180 Å². The van der Waals surface area contributed by atoms with Crippen LogP contribution in [0.4, 0.5) is 5.69 Å². The van der Waals surface area contributed by atoms with Gasteiger partial charge in [0, 0.05) is 25.5 Å². The third kappa shape index (κ3) is 3.16. The maximum atomic E-state index is 12.7. The van der Waals surface area contributed by atoms with Crippen LogP contribution in [0.2, 0.25) is 0 Å². The summed E-state index contributed by atoms with van der Waals surface area (Å²) in [5, 5.41) is 1.08. The molecule has 9 heteroatoms. The van der Waals surface area contributed by atoms with E-state index in [1.165, 1.54) is 43.1 Å². The zero-order valence-electron chi connectivity index (χ0n) is 15.5. The second kappa shape index (κ2) is 7.55. The first kappa shape index (κ1) is 19.5. The van der Waals surface area contributed by atoms with Crippen molar-refractivity contribution in [3.05, 3.63) is 54.9 Å². The first-order valence-corrected chi connectivity index (χ1v) is 11.4. The fourth-order valence-electron chi connectivity index (χ4n) is 3.00. The van der Waals surface area contributed by atoms with E-state index in [2.05, 4.69) is 24.0 Å². The fraction of sp³-hybridized carbons (Fsp3) is 0.211. The third-order valence-corrected chi connectivity index (χ3v) is 8.52. The van der Waals surface area contributed by atoms with Crippen LogP contribution in [0, 0.1) is 0 Å². The van der Waals surface area contributed by atoms with Crippen molar-refractivity contribution in [2.24, 2.45) is 7.05 Å². The summed E-state index contributed by atoms with van der Waals surface area (Å²) in [5.74, 6) is -0.157. The molecule has 0 spiro atoms. The van der Waals surface area contributed by atoms with Gasteiger partial charge in [0.05, 0.1) is 15.2 Å². The minimum atomic E-state index is -0.157. The number of carbonyl (C=O) groups excluding carboxylic acids is 1. The van der Waals surface area contributed by atoms with E-state index in [0.717, 1.165) is 11.6 Å². The van der Waals surface area contributed by atoms with E-state index in [0.29, 0.717) is 18.4 Å². The second-order valence-electron chi connectivity index (χ2n) is 6.18. The highest BCUT2D eigenvalue weighted by Crippen LogP contribution is 2.45. The molecule has 0 radical (unpaired) electrons. The molecule has 2 aliphatic heterocycles. The number of rotatable bonds is 2. The zero-order chi connectivity index (χ0) is 20.0. The number of hydrogen-bond acceptors (Lipinski definition) is 7. The van der Waals surface area contributed by atoms with Crippen molar-refractivity contribution >= 4 is 74.0 Å². The minimum absolute atomic E-state index is 0.109. The van der Waals surface area contributed by atoms with Crippen LogP contribution in [0.1, 0.15) is 6.92 Å². The molecule has 1 aromatic carbocycles. The maximum absolute atomic E-state index is 12.7. The Hall–Kier alpha value is -1.81. The van der Waals surface area contributed by atoms with Gasteiger partial charge < -0.3 is 9.47 Å². The number of benzene rings is 1. The average molecular weight is 448 g/mol. The number of anilines is 1. The van der Waals surface area contributed by atoms with Gasteiger partial charge in [0.25, 0.3) is 11.5 Å². The fourth-order valence-corrected chi connectivity index (χ4v) is 6.52. The highest BCUT2D eigenvalue weighted by atomic mass is 32.2. The van der Waals surface area contributed by atoms with Crippen molar-refractivity contribution in [2.45, 2.75) is 11.8 Å². The first-order chi connectivity index (χ1) is 13.4. The number of para-hydroxylation sites is 1. The van der Waals surface area contributed by atoms with Gasteiger partial charge in [-0.15, -0.1) is 11.3 Å². The molecule has 0 bridgehead atoms. The van der Waals surface area contributed by atoms with E-state index in [-0.39, 0.29) is 11.5 Å². The summed E-state index contributed by atoms with van der Waals surface area (Å²) in [6.45, 7) is 2.96. The summed E-state index contributed by atoms with van der Waals surface area (Å²) in [4.78, 5) is 30.5. The lowest BCUT2D eigenvalue weighted by molar-refractivity contribution is -0.119. The molecule has 0 N–H and O–H groups in total. The number of allylic oxidation sites excluding steroid dienone is 1. The molecular formula is C19H17N3O2S4. The van der Waals surface area contributed by atoms with Crippen LogP contribution in [-0.4, -0.2) is 33.3 Å². The highest BCUT2D eigenvalue weighted by Gasteiger charge is 2.31. The van der Waals surface area contributed by atoms with Crippen LogP contribution in [0.15, 0.2) is 45.1 Å². The van der Waals surface area contributed by atoms with E-state index in [4.69, 9.17) is 12.2 Å². The van der Waals surface area contributed by atoms with Gasteiger partial charge in [-0.05, 0) is 31.2 Å². The number of fused-ring (bicyclic) bond motifs is 1. The van der Waals surface area contributed by atoms with Crippen molar-refractivity contribution in [3.8, 4) is 0 Å². The predicted molar refractivity (Wildman–Crippen MR) is 123 cm³/mol. The van der Waals surface area contributed by atoms with Crippen LogP contribution in [0.3, 0.4) is 0 Å². The van der Waals surface area contributed by atoms with E-state index in [1.807, 2.05) is 24.3 Å². The van der Waals surface area contributed by atoms with Crippen molar-refractivity contribution in [2.75, 3.05) is 18.5 Å². The molecule has 144 valence electrons. The minimum Gasteiger partial charge on any atom is -0.335 e. The van der Waals surface area contributed by atoms with Crippen LogP contribution >= 0.6 is 47.1 Å². The Kier molecular flexibility index (Phi) is 5.26. The SMILES string of the molecule is CCN1/C(=C\C=c2/s/c(=C3\SC(=S)N(C)C3=O)n(C)c2=O)Sc2ccccc21. The maximum Gasteiger partial charge on any atom is 0.268 e. The van der Waals surface area contributed by atoms with Crippen molar-refractivity contribution in [1.82, 2.24) is 9.47 Å². The highest BCUT2D eigenvalue weighted by molar-refractivity contribution is 8.30. The molecule has 1 fully saturated rings. The summed E-state index contributed by atoms with van der Waals surface area (Å²) in [6, 6.07) is 8.27. The Bertz CT molecular complexity index is 1210. The smallest absolute Gasteiger partial charge is 0.268 e. The molecule has 1 saturated heterocycles. The summed E-state index contributed by atoms with van der Waals surface area (Å²) in [5.41, 5.74) is 1.08. The number of thioether (sulfide) groups is 2. The van der Waals surface area contributed by atoms with Gasteiger partial charge in [0.2, 0.25) is 0 Å². The Balaban J connectivity index is 1.79. The second-order valence-corrected chi connectivity index (χ2v) is 9.92. The normalized spacial score (nSPS) is 20.7. The van der Waals surface area contributed by atoms with Gasteiger partial charge in [-0.3, -0.25) is 14.5 Å². The lowest BCUT2D eigenvalue weighted by atomic mass is 10.3. The van der Waals surface area contributed by atoms with Crippen molar-refractivity contribution in [3.63, 3.8) is 0 Å². The van der Waals surface area contributed by atoms with Gasteiger partial charge in [0.1, 0.15) is 13.9 Å². The molecule has 28 heavy (non-hydrogen) atoms. The molecule has 4 rings (SSSR count). The van der Waals surface area contributed by atoms with Gasteiger partial charge in [-0.2, -0.15) is 0 Å². The van der Waals surface area contributed by atoms with Crippen LogP contribution in [0.25, 0.3) is 11.0 Å². The van der Waals surface area contributed by atoms with Crippen molar-refractivity contribution in [1.29, 1.82) is 0 Å². The average Bonchev–Trinajstić information content (AvgIpc) is 3.28. The van der Waals surface area contributed by atoms with E-state index < -0.39 is 0 Å². The molecule has 5 nitrogen and oxygen atoms in total. The number of nitrogens with zero attached hydrogens (tertiary/aromatic N) is 3. The van der Waals surface area contributed by atoms with Crippen molar-refractivity contribution < 1.29 is 4.79 Å². The number of carbonyl (C=O) groups is 1. The third-order valence-electron chi connectivity index (χ3n) is 4.51. The Morgan fingerprint density at radius 2 is 1.86 bits per heavy atom. The summed E-state index contributed by atoms with van der Waals surface area (Å²) >= 11 is 9.47. The lowest BCUT2D eigenvalue weighted by Gasteiger charge is -2.17. The molecule has 3 heterocycles. The van der Waals surface area contributed by atoms with E-state index in [9.17, 15) is 9.59 Å².